The summed E-state index contributed by atoms with van der Waals surface area (Å²) in [5.74, 6) is -1.82. The average Bonchev–Trinajstić information content (AvgIpc) is 2.68. The number of carbonyl (C=O) groups is 2. The van der Waals surface area contributed by atoms with E-state index in [1.807, 2.05) is 0 Å². The Morgan fingerprint density at radius 3 is 2.37 bits per heavy atom. The van der Waals surface area contributed by atoms with Crippen LogP contribution >= 0.6 is 11.6 Å². The van der Waals surface area contributed by atoms with Gasteiger partial charge in [-0.05, 0) is 49.9 Å². The molecular weight excluding hydrogens is 373 g/mol. The van der Waals surface area contributed by atoms with Crippen molar-refractivity contribution in [3.05, 3.63) is 64.9 Å². The van der Waals surface area contributed by atoms with Crippen LogP contribution in [0.3, 0.4) is 0 Å². The summed E-state index contributed by atoms with van der Waals surface area (Å²) in [5, 5.41) is 9.00. The molecule has 1 aliphatic rings. The van der Waals surface area contributed by atoms with Gasteiger partial charge in [-0.25, -0.2) is 9.87 Å². The highest BCUT2D eigenvalue weighted by atomic mass is 35.5. The molecule has 0 atom stereocenters. The lowest BCUT2D eigenvalue weighted by Crippen LogP contribution is -2.45. The van der Waals surface area contributed by atoms with Gasteiger partial charge in [-0.2, -0.15) is 0 Å². The highest BCUT2D eigenvalue weighted by Crippen LogP contribution is 2.46. The fourth-order valence-electron chi connectivity index (χ4n) is 3.67. The first-order chi connectivity index (χ1) is 13.0. The molecule has 0 radical (unpaired) electrons. The Kier molecular flexibility index (Phi) is 5.77. The minimum absolute atomic E-state index is 0.0930. The Labute approximate surface area is 161 Å². The summed E-state index contributed by atoms with van der Waals surface area (Å²) in [4.78, 5) is 24.9. The topological polar surface area (TPSA) is 75.6 Å². The predicted octanol–water partition coefficient (Wildman–Crippen LogP) is 4.02. The van der Waals surface area contributed by atoms with Gasteiger partial charge >= 0.3 is 5.97 Å². The normalized spacial score (nSPS) is 22.1. The lowest BCUT2D eigenvalue weighted by molar-refractivity contribution is -0.145. The molecular formula is C20H19ClFNO4. The number of hydrogen-bond acceptors (Lipinski definition) is 4. The molecule has 0 aliphatic heterocycles. The van der Waals surface area contributed by atoms with Crippen molar-refractivity contribution in [3.8, 4) is 5.75 Å². The van der Waals surface area contributed by atoms with Crippen molar-refractivity contribution in [1.82, 2.24) is 5.48 Å². The maximum atomic E-state index is 14.7. The van der Waals surface area contributed by atoms with Crippen LogP contribution in [0.5, 0.6) is 5.75 Å². The fourth-order valence-corrected chi connectivity index (χ4v) is 4.01. The van der Waals surface area contributed by atoms with Gasteiger partial charge in [0.2, 0.25) is 5.91 Å². The molecule has 7 heteroatoms. The molecule has 1 amide bonds. The Bertz CT molecular complexity index is 815. The average molecular weight is 392 g/mol. The van der Waals surface area contributed by atoms with Crippen LogP contribution in [0.15, 0.2) is 48.5 Å². The van der Waals surface area contributed by atoms with E-state index in [1.165, 1.54) is 18.2 Å². The Hall–Kier alpha value is -2.44. The molecule has 0 unspecified atom stereocenters. The lowest BCUT2D eigenvalue weighted by Gasteiger charge is -2.38. The molecule has 2 aromatic carbocycles. The quantitative estimate of drug-likeness (QED) is 0.357. The van der Waals surface area contributed by atoms with Gasteiger partial charge in [0.05, 0.1) is 5.41 Å². The number of hydroxylamine groups is 1. The number of halogens is 2. The molecule has 0 spiro atoms. The lowest BCUT2D eigenvalue weighted by atomic mass is 9.66. The van der Waals surface area contributed by atoms with E-state index in [4.69, 9.17) is 21.5 Å². The van der Waals surface area contributed by atoms with Gasteiger partial charge in [-0.3, -0.25) is 14.8 Å². The van der Waals surface area contributed by atoms with Gasteiger partial charge in [-0.15, -0.1) is 0 Å². The Morgan fingerprint density at radius 1 is 1.11 bits per heavy atom. The highest BCUT2D eigenvalue weighted by molar-refractivity contribution is 6.31. The van der Waals surface area contributed by atoms with E-state index < -0.39 is 29.0 Å². The molecule has 0 bridgehead atoms. The maximum Gasteiger partial charge on any atom is 0.322 e. The molecule has 1 saturated carbocycles. The minimum Gasteiger partial charge on any atom is -0.426 e. The van der Waals surface area contributed by atoms with E-state index in [0.29, 0.717) is 18.6 Å². The number of nitrogens with one attached hydrogen (secondary N) is 1. The summed E-state index contributed by atoms with van der Waals surface area (Å²) in [6.07, 6.45) is 0.941. The molecule has 0 heterocycles. The standard InChI is InChI=1S/C20H19ClFNO4/c21-15-7-4-8-16(22)17(15)20(11-9-13(10-12-20)18(24)23-26)19(25)27-14-5-2-1-3-6-14/h1-8,13,26H,9-12H2,(H,23,24). The van der Waals surface area contributed by atoms with E-state index in [1.54, 1.807) is 35.8 Å². The van der Waals surface area contributed by atoms with Crippen LogP contribution in [-0.4, -0.2) is 17.1 Å². The third kappa shape index (κ3) is 3.82. The SMILES string of the molecule is O=C(NO)C1CCC(C(=O)Oc2ccccc2)(c2c(F)cccc2Cl)CC1. The second-order valence-corrected chi connectivity index (χ2v) is 7.04. The van der Waals surface area contributed by atoms with E-state index in [0.717, 1.165) is 0 Å². The van der Waals surface area contributed by atoms with Crippen molar-refractivity contribution >= 4 is 23.5 Å². The van der Waals surface area contributed by atoms with Gasteiger partial charge in [0, 0.05) is 16.5 Å². The van der Waals surface area contributed by atoms with Gasteiger partial charge < -0.3 is 4.74 Å². The largest absolute Gasteiger partial charge is 0.426 e. The summed E-state index contributed by atoms with van der Waals surface area (Å²) in [5.41, 5.74) is 0.430. The van der Waals surface area contributed by atoms with E-state index in [-0.39, 0.29) is 23.4 Å². The second kappa shape index (κ2) is 8.06. The molecule has 27 heavy (non-hydrogen) atoms. The first kappa shape index (κ1) is 19.3. The van der Waals surface area contributed by atoms with Crippen LogP contribution in [0.25, 0.3) is 0 Å². The van der Waals surface area contributed by atoms with E-state index in [2.05, 4.69) is 0 Å². The number of rotatable bonds is 4. The van der Waals surface area contributed by atoms with Crippen LogP contribution in [0.1, 0.15) is 31.2 Å². The third-order valence-electron chi connectivity index (χ3n) is 5.11. The number of hydrogen-bond donors (Lipinski definition) is 2. The number of amides is 1. The second-order valence-electron chi connectivity index (χ2n) is 6.63. The Morgan fingerprint density at radius 2 is 1.78 bits per heavy atom. The molecule has 142 valence electrons. The van der Waals surface area contributed by atoms with Crippen molar-refractivity contribution < 1.29 is 23.9 Å². The number of benzene rings is 2. The summed E-state index contributed by atoms with van der Waals surface area (Å²) in [6.45, 7) is 0. The third-order valence-corrected chi connectivity index (χ3v) is 5.42. The van der Waals surface area contributed by atoms with Crippen LogP contribution in [0, 0.1) is 11.7 Å². The van der Waals surface area contributed by atoms with Crippen LogP contribution in [0.4, 0.5) is 4.39 Å². The van der Waals surface area contributed by atoms with Crippen LogP contribution in [-0.2, 0) is 15.0 Å². The molecule has 1 fully saturated rings. The monoisotopic (exact) mass is 391 g/mol. The molecule has 0 aromatic heterocycles. The zero-order valence-corrected chi connectivity index (χ0v) is 15.2. The first-order valence-electron chi connectivity index (χ1n) is 8.64. The van der Waals surface area contributed by atoms with Gasteiger partial charge in [0.1, 0.15) is 11.6 Å². The fraction of sp³-hybridized carbons (Fsp3) is 0.300. The van der Waals surface area contributed by atoms with Crippen molar-refractivity contribution in [1.29, 1.82) is 0 Å². The zero-order valence-electron chi connectivity index (χ0n) is 14.5. The summed E-state index contributed by atoms with van der Waals surface area (Å²) in [7, 11) is 0. The molecule has 0 saturated heterocycles. The zero-order chi connectivity index (χ0) is 19.4. The number of ether oxygens (including phenoxy) is 1. The van der Waals surface area contributed by atoms with Crippen LogP contribution in [0.2, 0.25) is 5.02 Å². The predicted molar refractivity (Wildman–Crippen MR) is 97.1 cm³/mol. The number of carbonyl (C=O) groups excluding carboxylic acids is 2. The van der Waals surface area contributed by atoms with Crippen molar-refractivity contribution in [2.45, 2.75) is 31.1 Å². The maximum absolute atomic E-state index is 14.7. The molecule has 1 aliphatic carbocycles. The number of para-hydroxylation sites is 1. The van der Waals surface area contributed by atoms with Gasteiger partial charge in [0.15, 0.2) is 0 Å². The van der Waals surface area contributed by atoms with Crippen molar-refractivity contribution in [2.75, 3.05) is 0 Å². The van der Waals surface area contributed by atoms with E-state index in [9.17, 15) is 14.0 Å². The Balaban J connectivity index is 1.97. The summed E-state index contributed by atoms with van der Waals surface area (Å²) >= 11 is 6.26. The smallest absolute Gasteiger partial charge is 0.322 e. The van der Waals surface area contributed by atoms with Crippen LogP contribution < -0.4 is 10.2 Å². The first-order valence-corrected chi connectivity index (χ1v) is 9.01. The minimum atomic E-state index is -1.30. The highest BCUT2D eigenvalue weighted by Gasteiger charge is 2.48. The van der Waals surface area contributed by atoms with Gasteiger partial charge in [0.25, 0.3) is 0 Å². The molecule has 3 rings (SSSR count). The molecule has 2 N–H and O–H groups in total. The van der Waals surface area contributed by atoms with E-state index >= 15 is 0 Å². The van der Waals surface area contributed by atoms with Crippen molar-refractivity contribution in [2.24, 2.45) is 5.92 Å². The van der Waals surface area contributed by atoms with Gasteiger partial charge in [-0.1, -0.05) is 35.9 Å². The van der Waals surface area contributed by atoms with Crippen molar-refractivity contribution in [3.63, 3.8) is 0 Å². The number of esters is 1. The summed E-state index contributed by atoms with van der Waals surface area (Å²) in [6, 6.07) is 12.8. The summed E-state index contributed by atoms with van der Waals surface area (Å²) < 4.78 is 20.2. The molecule has 5 nitrogen and oxygen atoms in total. The molecule has 2 aromatic rings.